The molecule has 0 unspecified atom stereocenters. The van der Waals surface area contributed by atoms with Gasteiger partial charge in [-0.3, -0.25) is 14.6 Å². The zero-order chi connectivity index (χ0) is 18.1. The molecule has 26 heavy (non-hydrogen) atoms. The van der Waals surface area contributed by atoms with Crippen LogP contribution in [0.3, 0.4) is 0 Å². The first-order valence-electron chi connectivity index (χ1n) is 8.82. The van der Waals surface area contributed by atoms with Crippen molar-refractivity contribution in [2.75, 3.05) is 32.8 Å². The summed E-state index contributed by atoms with van der Waals surface area (Å²) in [5.41, 5.74) is 2.05. The molecule has 2 aliphatic rings. The van der Waals surface area contributed by atoms with Crippen molar-refractivity contribution in [1.29, 1.82) is 0 Å². The van der Waals surface area contributed by atoms with Gasteiger partial charge in [-0.25, -0.2) is 0 Å². The Morgan fingerprint density at radius 3 is 2.50 bits per heavy atom. The van der Waals surface area contributed by atoms with Gasteiger partial charge in [0.1, 0.15) is 11.5 Å². The van der Waals surface area contributed by atoms with Crippen molar-refractivity contribution in [2.24, 2.45) is 0 Å². The van der Waals surface area contributed by atoms with E-state index in [0.29, 0.717) is 62.7 Å². The molecule has 136 valence electrons. The van der Waals surface area contributed by atoms with E-state index in [0.717, 1.165) is 11.3 Å². The SMILES string of the molecule is Cc1oc2c(c1C(=O)N1CCOCC1)CN(C(=O)c1ccncc1)CC2. The third kappa shape index (κ3) is 2.99. The molecule has 0 aliphatic carbocycles. The Morgan fingerprint density at radius 2 is 1.77 bits per heavy atom. The molecule has 7 heteroatoms. The molecule has 0 radical (unpaired) electrons. The molecule has 2 aliphatic heterocycles. The lowest BCUT2D eigenvalue weighted by atomic mass is 10.0. The van der Waals surface area contributed by atoms with Gasteiger partial charge in [0.2, 0.25) is 0 Å². The zero-order valence-corrected chi connectivity index (χ0v) is 14.7. The third-order valence-electron chi connectivity index (χ3n) is 4.95. The van der Waals surface area contributed by atoms with E-state index in [2.05, 4.69) is 4.98 Å². The van der Waals surface area contributed by atoms with Crippen LogP contribution >= 0.6 is 0 Å². The highest BCUT2D eigenvalue weighted by molar-refractivity contribution is 5.98. The van der Waals surface area contributed by atoms with Crippen molar-refractivity contribution in [2.45, 2.75) is 19.9 Å². The van der Waals surface area contributed by atoms with E-state index in [1.807, 2.05) is 6.92 Å². The topological polar surface area (TPSA) is 75.9 Å². The second-order valence-electron chi connectivity index (χ2n) is 6.55. The summed E-state index contributed by atoms with van der Waals surface area (Å²) in [4.78, 5) is 33.3. The molecular formula is C19H21N3O4. The van der Waals surface area contributed by atoms with Crippen LogP contribution in [-0.4, -0.2) is 59.4 Å². The van der Waals surface area contributed by atoms with Gasteiger partial charge < -0.3 is 19.0 Å². The molecule has 1 saturated heterocycles. The molecule has 0 saturated carbocycles. The number of nitrogens with zero attached hydrogens (tertiary/aromatic N) is 3. The Balaban J connectivity index is 1.60. The van der Waals surface area contributed by atoms with Gasteiger partial charge in [-0.1, -0.05) is 0 Å². The quantitative estimate of drug-likeness (QED) is 0.819. The summed E-state index contributed by atoms with van der Waals surface area (Å²) >= 11 is 0. The van der Waals surface area contributed by atoms with E-state index in [4.69, 9.17) is 9.15 Å². The van der Waals surface area contributed by atoms with E-state index in [9.17, 15) is 9.59 Å². The molecule has 7 nitrogen and oxygen atoms in total. The summed E-state index contributed by atoms with van der Waals surface area (Å²) in [7, 11) is 0. The number of morpholine rings is 1. The molecule has 0 atom stereocenters. The number of carbonyl (C=O) groups excluding carboxylic acids is 2. The number of fused-ring (bicyclic) bond motifs is 1. The fourth-order valence-corrected chi connectivity index (χ4v) is 3.58. The highest BCUT2D eigenvalue weighted by Gasteiger charge is 2.32. The number of ether oxygens (including phenoxy) is 1. The molecule has 4 heterocycles. The van der Waals surface area contributed by atoms with Crippen molar-refractivity contribution >= 4 is 11.8 Å². The summed E-state index contributed by atoms with van der Waals surface area (Å²) in [6.45, 7) is 5.05. The molecule has 4 rings (SSSR count). The Kier molecular flexibility index (Phi) is 4.46. The minimum Gasteiger partial charge on any atom is -0.465 e. The van der Waals surface area contributed by atoms with Gasteiger partial charge >= 0.3 is 0 Å². The number of carbonyl (C=O) groups is 2. The fraction of sp³-hybridized carbons (Fsp3) is 0.421. The van der Waals surface area contributed by atoms with Crippen molar-refractivity contribution in [1.82, 2.24) is 14.8 Å². The Bertz CT molecular complexity index is 825. The predicted octanol–water partition coefficient (Wildman–Crippen LogP) is 1.65. The number of amides is 2. The molecule has 2 amide bonds. The van der Waals surface area contributed by atoms with Gasteiger partial charge in [0, 0.05) is 49.6 Å². The lowest BCUT2D eigenvalue weighted by Gasteiger charge is -2.29. The minimum absolute atomic E-state index is 0.0333. The number of hydrogen-bond donors (Lipinski definition) is 0. The van der Waals surface area contributed by atoms with E-state index in [1.165, 1.54) is 0 Å². The van der Waals surface area contributed by atoms with Crippen LogP contribution in [0.2, 0.25) is 0 Å². The number of hydrogen-bond acceptors (Lipinski definition) is 5. The van der Waals surface area contributed by atoms with Gasteiger partial charge in [-0.15, -0.1) is 0 Å². The average Bonchev–Trinajstić information content (AvgIpc) is 3.03. The van der Waals surface area contributed by atoms with E-state index >= 15 is 0 Å². The van der Waals surface area contributed by atoms with Crippen LogP contribution < -0.4 is 0 Å². The van der Waals surface area contributed by atoms with E-state index < -0.39 is 0 Å². The summed E-state index contributed by atoms with van der Waals surface area (Å²) in [5, 5.41) is 0. The van der Waals surface area contributed by atoms with Gasteiger partial charge in [-0.05, 0) is 19.1 Å². The fourth-order valence-electron chi connectivity index (χ4n) is 3.58. The zero-order valence-electron chi connectivity index (χ0n) is 14.7. The molecule has 0 bridgehead atoms. The monoisotopic (exact) mass is 355 g/mol. The number of aryl methyl sites for hydroxylation is 1. The Morgan fingerprint density at radius 1 is 1.04 bits per heavy atom. The van der Waals surface area contributed by atoms with Gasteiger partial charge in [-0.2, -0.15) is 0 Å². The van der Waals surface area contributed by atoms with Crippen molar-refractivity contribution in [3.05, 3.63) is 52.7 Å². The van der Waals surface area contributed by atoms with Crippen LogP contribution in [0.4, 0.5) is 0 Å². The maximum Gasteiger partial charge on any atom is 0.257 e. The summed E-state index contributed by atoms with van der Waals surface area (Å²) in [6, 6.07) is 3.41. The van der Waals surface area contributed by atoms with Crippen molar-refractivity contribution < 1.29 is 18.7 Å². The minimum atomic E-state index is -0.0540. The lowest BCUT2D eigenvalue weighted by Crippen LogP contribution is -2.42. The maximum absolute atomic E-state index is 13.0. The highest BCUT2D eigenvalue weighted by atomic mass is 16.5. The molecule has 0 aromatic carbocycles. The Labute approximate surface area is 151 Å². The average molecular weight is 355 g/mol. The molecule has 2 aromatic heterocycles. The van der Waals surface area contributed by atoms with Crippen LogP contribution in [0, 0.1) is 6.92 Å². The van der Waals surface area contributed by atoms with E-state index in [-0.39, 0.29) is 11.8 Å². The summed E-state index contributed by atoms with van der Waals surface area (Å²) in [5.74, 6) is 1.36. The Hall–Kier alpha value is -2.67. The van der Waals surface area contributed by atoms with Crippen molar-refractivity contribution in [3.8, 4) is 0 Å². The first-order chi connectivity index (χ1) is 12.6. The normalized spacial score (nSPS) is 17.1. The number of furan rings is 1. The maximum atomic E-state index is 13.0. The second-order valence-corrected chi connectivity index (χ2v) is 6.55. The van der Waals surface area contributed by atoms with Crippen LogP contribution in [0.15, 0.2) is 28.9 Å². The van der Waals surface area contributed by atoms with Crippen LogP contribution in [-0.2, 0) is 17.7 Å². The lowest BCUT2D eigenvalue weighted by molar-refractivity contribution is 0.0300. The number of rotatable bonds is 2. The second kappa shape index (κ2) is 6.92. The predicted molar refractivity (Wildman–Crippen MR) is 92.8 cm³/mol. The van der Waals surface area contributed by atoms with Crippen LogP contribution in [0.1, 0.15) is 37.8 Å². The van der Waals surface area contributed by atoms with Gasteiger partial charge in [0.25, 0.3) is 11.8 Å². The molecule has 0 spiro atoms. The highest BCUT2D eigenvalue weighted by Crippen LogP contribution is 2.30. The number of aromatic nitrogens is 1. The summed E-state index contributed by atoms with van der Waals surface area (Å²) in [6.07, 6.45) is 3.83. The largest absolute Gasteiger partial charge is 0.465 e. The first kappa shape index (κ1) is 16.8. The van der Waals surface area contributed by atoms with Gasteiger partial charge in [0.15, 0.2) is 0 Å². The number of pyridine rings is 1. The molecule has 0 N–H and O–H groups in total. The van der Waals surface area contributed by atoms with Crippen LogP contribution in [0.25, 0.3) is 0 Å². The van der Waals surface area contributed by atoms with Gasteiger partial charge in [0.05, 0.1) is 25.3 Å². The first-order valence-corrected chi connectivity index (χ1v) is 8.82. The smallest absolute Gasteiger partial charge is 0.257 e. The van der Waals surface area contributed by atoms with Crippen LogP contribution in [0.5, 0.6) is 0 Å². The third-order valence-corrected chi connectivity index (χ3v) is 4.95. The molecular weight excluding hydrogens is 334 g/mol. The van der Waals surface area contributed by atoms with E-state index in [1.54, 1.807) is 34.3 Å². The summed E-state index contributed by atoms with van der Waals surface area (Å²) < 4.78 is 11.2. The molecule has 1 fully saturated rings. The standard InChI is InChI=1S/C19H21N3O4/c1-13-17(19(24)21-8-10-25-11-9-21)15-12-22(7-4-16(15)26-13)18(23)14-2-5-20-6-3-14/h2-3,5-6H,4,7-12H2,1H3. The molecule has 2 aromatic rings. The van der Waals surface area contributed by atoms with Crippen molar-refractivity contribution in [3.63, 3.8) is 0 Å².